The van der Waals surface area contributed by atoms with Crippen molar-refractivity contribution in [3.05, 3.63) is 86.6 Å². The molecule has 0 unspecified atom stereocenters. The van der Waals surface area contributed by atoms with Crippen LogP contribution in [0.3, 0.4) is 0 Å². The maximum atomic E-state index is 15.6. The van der Waals surface area contributed by atoms with Crippen LogP contribution in [0.1, 0.15) is 32.0 Å². The van der Waals surface area contributed by atoms with Gasteiger partial charge in [0.1, 0.15) is 0 Å². The van der Waals surface area contributed by atoms with E-state index < -0.39 is 28.9 Å². The van der Waals surface area contributed by atoms with Crippen molar-refractivity contribution < 1.29 is 26.3 Å². The zero-order valence-electron chi connectivity index (χ0n) is 20.7. The first-order chi connectivity index (χ1) is 17.7. The van der Waals surface area contributed by atoms with E-state index in [1.807, 2.05) is 0 Å². The standard InChI is InChI=1S/C29H22F6S3/c1-14-21(16(3)37-25(14)18-8-6-5-7-9-18)23-24(28(32,33)29(34,35)27(23,30)31)22-15(2)26(38-17(22)4)19-10-12-20(36)13-11-19/h5-13,36H,1-4H3. The summed E-state index contributed by atoms with van der Waals surface area (Å²) in [5, 5.41) is 0. The van der Waals surface area contributed by atoms with Gasteiger partial charge in [-0.1, -0.05) is 42.5 Å². The molecule has 198 valence electrons. The Hall–Kier alpha value is -2.49. The lowest BCUT2D eigenvalue weighted by molar-refractivity contribution is -0.254. The molecule has 9 heteroatoms. The largest absolute Gasteiger partial charge is 0.380 e. The van der Waals surface area contributed by atoms with Gasteiger partial charge in [-0.2, -0.15) is 26.3 Å². The van der Waals surface area contributed by atoms with Gasteiger partial charge < -0.3 is 0 Å². The third-order valence-electron chi connectivity index (χ3n) is 6.98. The maximum absolute atomic E-state index is 15.6. The molecule has 0 radical (unpaired) electrons. The van der Waals surface area contributed by atoms with Gasteiger partial charge in [0.05, 0.1) is 0 Å². The molecule has 0 atom stereocenters. The van der Waals surface area contributed by atoms with Crippen LogP contribution in [0, 0.1) is 27.7 Å². The second kappa shape index (κ2) is 9.03. The van der Waals surface area contributed by atoms with Crippen LogP contribution in [0.4, 0.5) is 26.3 Å². The van der Waals surface area contributed by atoms with E-state index in [2.05, 4.69) is 12.6 Å². The molecular weight excluding hydrogens is 559 g/mol. The van der Waals surface area contributed by atoms with Gasteiger partial charge in [-0.25, -0.2) is 0 Å². The van der Waals surface area contributed by atoms with Gasteiger partial charge in [0.2, 0.25) is 0 Å². The molecule has 0 aliphatic heterocycles. The van der Waals surface area contributed by atoms with E-state index in [1.54, 1.807) is 54.6 Å². The molecule has 0 spiro atoms. The molecule has 0 fully saturated rings. The summed E-state index contributed by atoms with van der Waals surface area (Å²) in [7, 11) is 0. The van der Waals surface area contributed by atoms with Gasteiger partial charge >= 0.3 is 17.8 Å². The molecule has 4 aromatic rings. The van der Waals surface area contributed by atoms with Crippen LogP contribution in [0.25, 0.3) is 32.0 Å². The minimum atomic E-state index is -5.60. The summed E-state index contributed by atoms with van der Waals surface area (Å²) in [6.07, 6.45) is 0. The third kappa shape index (κ3) is 3.72. The van der Waals surface area contributed by atoms with Gasteiger partial charge in [-0.15, -0.1) is 35.3 Å². The van der Waals surface area contributed by atoms with Crippen LogP contribution in [0.5, 0.6) is 0 Å². The Balaban J connectivity index is 1.85. The van der Waals surface area contributed by atoms with E-state index in [1.165, 1.54) is 27.7 Å². The molecule has 2 aromatic carbocycles. The minimum Gasteiger partial charge on any atom is -0.194 e. The summed E-state index contributed by atoms with van der Waals surface area (Å²) in [6.45, 7) is 6.04. The van der Waals surface area contributed by atoms with E-state index in [4.69, 9.17) is 0 Å². The normalized spacial score (nSPS) is 17.9. The number of alkyl halides is 6. The zero-order valence-corrected chi connectivity index (χ0v) is 23.3. The van der Waals surface area contributed by atoms with Crippen molar-refractivity contribution >= 4 is 46.4 Å². The van der Waals surface area contributed by atoms with Gasteiger partial charge in [0, 0.05) is 46.7 Å². The first kappa shape index (κ1) is 27.1. The lowest BCUT2D eigenvalue weighted by Crippen LogP contribution is -2.49. The Labute approximate surface area is 230 Å². The van der Waals surface area contributed by atoms with Crippen LogP contribution in [-0.4, -0.2) is 17.8 Å². The second-order valence-corrected chi connectivity index (χ2v) is 12.3. The number of aryl methyl sites for hydroxylation is 2. The van der Waals surface area contributed by atoms with E-state index >= 15 is 26.3 Å². The molecule has 0 saturated carbocycles. The fraction of sp³-hybridized carbons (Fsp3) is 0.241. The lowest BCUT2D eigenvalue weighted by Gasteiger charge is -2.26. The Morgan fingerprint density at radius 1 is 0.579 bits per heavy atom. The van der Waals surface area contributed by atoms with Crippen molar-refractivity contribution in [2.24, 2.45) is 0 Å². The number of halogens is 6. The van der Waals surface area contributed by atoms with Crippen molar-refractivity contribution in [1.82, 2.24) is 0 Å². The summed E-state index contributed by atoms with van der Waals surface area (Å²) in [5.41, 5.74) is -1.18. The average Bonchev–Trinajstić information content (AvgIpc) is 3.35. The molecule has 2 aromatic heterocycles. The summed E-state index contributed by atoms with van der Waals surface area (Å²) in [4.78, 5) is 2.35. The van der Waals surface area contributed by atoms with Crippen molar-refractivity contribution in [3.8, 4) is 20.9 Å². The highest BCUT2D eigenvalue weighted by Gasteiger charge is 2.80. The first-order valence-corrected chi connectivity index (χ1v) is 13.7. The highest BCUT2D eigenvalue weighted by molar-refractivity contribution is 7.80. The molecule has 0 saturated heterocycles. The molecule has 5 rings (SSSR count). The van der Waals surface area contributed by atoms with Crippen molar-refractivity contribution in [2.75, 3.05) is 0 Å². The Bertz CT molecular complexity index is 1570. The summed E-state index contributed by atoms with van der Waals surface area (Å²) >= 11 is 6.50. The summed E-state index contributed by atoms with van der Waals surface area (Å²) in [6, 6.07) is 15.7. The maximum Gasteiger partial charge on any atom is 0.380 e. The van der Waals surface area contributed by atoms with Crippen LogP contribution < -0.4 is 0 Å². The Morgan fingerprint density at radius 2 is 0.974 bits per heavy atom. The third-order valence-corrected chi connectivity index (χ3v) is 9.79. The van der Waals surface area contributed by atoms with E-state index in [0.29, 0.717) is 25.8 Å². The minimum absolute atomic E-state index is 0.239. The van der Waals surface area contributed by atoms with Gasteiger partial charge in [-0.05, 0) is 62.1 Å². The number of rotatable bonds is 4. The number of hydrogen-bond acceptors (Lipinski definition) is 3. The molecule has 0 amide bonds. The quantitative estimate of drug-likeness (QED) is 0.180. The predicted octanol–water partition coefficient (Wildman–Crippen LogP) is 10.5. The molecular formula is C29H22F6S3. The number of allylic oxidation sites excluding steroid dienone is 2. The molecule has 0 bridgehead atoms. The zero-order chi connectivity index (χ0) is 27.8. The monoisotopic (exact) mass is 580 g/mol. The van der Waals surface area contributed by atoms with Crippen LogP contribution in [0.15, 0.2) is 59.5 Å². The molecule has 38 heavy (non-hydrogen) atoms. The van der Waals surface area contributed by atoms with Crippen molar-refractivity contribution in [1.29, 1.82) is 0 Å². The smallest absolute Gasteiger partial charge is 0.194 e. The topological polar surface area (TPSA) is 0 Å². The van der Waals surface area contributed by atoms with E-state index in [-0.39, 0.29) is 32.0 Å². The number of thiophene rings is 2. The molecule has 0 nitrogen and oxygen atoms in total. The predicted molar refractivity (Wildman–Crippen MR) is 147 cm³/mol. The molecule has 0 N–H and O–H groups in total. The van der Waals surface area contributed by atoms with E-state index in [0.717, 1.165) is 22.7 Å². The number of benzene rings is 2. The van der Waals surface area contributed by atoms with Crippen molar-refractivity contribution in [3.63, 3.8) is 0 Å². The van der Waals surface area contributed by atoms with Gasteiger partial charge in [0.25, 0.3) is 0 Å². The van der Waals surface area contributed by atoms with Gasteiger partial charge in [0.15, 0.2) is 0 Å². The fourth-order valence-electron chi connectivity index (χ4n) is 5.19. The number of hydrogen-bond donors (Lipinski definition) is 1. The molecule has 1 aliphatic carbocycles. The molecule has 1 aliphatic rings. The highest BCUT2D eigenvalue weighted by Crippen LogP contribution is 2.67. The van der Waals surface area contributed by atoms with Gasteiger partial charge in [-0.3, -0.25) is 0 Å². The van der Waals surface area contributed by atoms with Crippen LogP contribution >= 0.6 is 35.3 Å². The van der Waals surface area contributed by atoms with E-state index in [9.17, 15) is 0 Å². The van der Waals surface area contributed by atoms with Crippen LogP contribution in [0.2, 0.25) is 0 Å². The highest BCUT2D eigenvalue weighted by atomic mass is 32.1. The van der Waals surface area contributed by atoms with Crippen molar-refractivity contribution in [2.45, 2.75) is 50.4 Å². The summed E-state index contributed by atoms with van der Waals surface area (Å²) < 4.78 is 92.6. The van der Waals surface area contributed by atoms with Crippen LogP contribution in [-0.2, 0) is 0 Å². The fourth-order valence-corrected chi connectivity index (χ4v) is 7.68. The average molecular weight is 581 g/mol. The SMILES string of the molecule is Cc1sc(-c2ccccc2)c(C)c1C1=C(c2c(C)sc(-c3ccc(S)cc3)c2C)C(F)(F)C(F)(F)C1(F)F. The molecule has 2 heterocycles. The summed E-state index contributed by atoms with van der Waals surface area (Å²) in [5.74, 6) is -15.8. The Kier molecular flexibility index (Phi) is 6.44. The lowest BCUT2D eigenvalue weighted by atomic mass is 9.90. The number of thiol groups is 1. The first-order valence-electron chi connectivity index (χ1n) is 11.7. The second-order valence-electron chi connectivity index (χ2n) is 9.36. The Morgan fingerprint density at radius 3 is 1.39 bits per heavy atom.